The molecule has 2 aliphatic rings. The Morgan fingerprint density at radius 3 is 2.83 bits per heavy atom. The molecule has 0 aromatic heterocycles. The van der Waals surface area contributed by atoms with E-state index in [2.05, 4.69) is 6.58 Å². The zero-order valence-electron chi connectivity index (χ0n) is 10.9. The number of allylic oxidation sites excluding steroid dienone is 1. The fourth-order valence-corrected chi connectivity index (χ4v) is 2.87. The van der Waals surface area contributed by atoms with Crippen LogP contribution in [0, 0.1) is 0 Å². The third-order valence-corrected chi connectivity index (χ3v) is 3.94. The lowest BCUT2D eigenvalue weighted by atomic mass is 10.1. The van der Waals surface area contributed by atoms with Gasteiger partial charge >= 0.3 is 6.09 Å². The second-order valence-electron chi connectivity index (χ2n) is 4.98. The molecule has 0 saturated carbocycles. The topological polar surface area (TPSA) is 55.8 Å². The van der Waals surface area contributed by atoms with E-state index in [4.69, 9.17) is 9.26 Å². The monoisotopic (exact) mass is 271 g/mol. The van der Waals surface area contributed by atoms with Gasteiger partial charge in [-0.05, 0) is 25.0 Å². The Balaban J connectivity index is 2.10. The highest BCUT2D eigenvalue weighted by molar-refractivity contribution is 7.57. The molecule has 2 aliphatic heterocycles. The molecule has 2 atom stereocenters. The molecule has 1 saturated heterocycles. The van der Waals surface area contributed by atoms with Gasteiger partial charge in [-0.25, -0.2) is 4.79 Å². The van der Waals surface area contributed by atoms with Crippen LogP contribution < -0.4 is 0 Å². The van der Waals surface area contributed by atoms with Crippen molar-refractivity contribution < 1.29 is 18.6 Å². The molecule has 0 spiro atoms. The zero-order chi connectivity index (χ0) is 13.5. The fourth-order valence-electron chi connectivity index (χ4n) is 2.36. The summed E-state index contributed by atoms with van der Waals surface area (Å²) in [6.07, 6.45) is 1.68. The smallest absolute Gasteiger partial charge is 0.415 e. The molecule has 18 heavy (non-hydrogen) atoms. The van der Waals surface area contributed by atoms with Gasteiger partial charge < -0.3 is 9.26 Å². The molecule has 1 fully saturated rings. The Kier molecular flexibility index (Phi) is 3.39. The Morgan fingerprint density at radius 1 is 1.61 bits per heavy atom. The van der Waals surface area contributed by atoms with Gasteiger partial charge in [-0.3, -0.25) is 9.46 Å². The van der Waals surface area contributed by atoms with E-state index in [1.54, 1.807) is 24.3 Å². The van der Waals surface area contributed by atoms with Gasteiger partial charge in [-0.15, -0.1) is 0 Å². The number of hydrogen-bond donors (Lipinski definition) is 0. The zero-order valence-corrected chi connectivity index (χ0v) is 11.8. The minimum Gasteiger partial charge on any atom is -0.441 e. The van der Waals surface area contributed by atoms with Crippen molar-refractivity contribution in [2.45, 2.75) is 25.5 Å². The van der Waals surface area contributed by atoms with Gasteiger partial charge in [0.2, 0.25) is 0 Å². The average Bonchev–Trinajstić information content (AvgIpc) is 2.72. The van der Waals surface area contributed by atoms with Crippen LogP contribution in [0.3, 0.4) is 0 Å². The molecule has 2 rings (SSSR count). The molecule has 2 unspecified atom stereocenters. The highest BCUT2D eigenvalue weighted by Gasteiger charge is 2.47. The molecule has 5 nitrogen and oxygen atoms in total. The summed E-state index contributed by atoms with van der Waals surface area (Å²) in [5, 5.41) is 0. The molecule has 0 aromatic rings. The van der Waals surface area contributed by atoms with Crippen molar-refractivity contribution >= 4 is 13.5 Å². The normalized spacial score (nSPS) is 27.5. The minimum absolute atomic E-state index is 0.0583. The van der Waals surface area contributed by atoms with Crippen LogP contribution in [-0.2, 0) is 13.8 Å². The van der Waals surface area contributed by atoms with Crippen LogP contribution in [0.2, 0.25) is 0 Å². The van der Waals surface area contributed by atoms with E-state index >= 15 is 0 Å². The number of amides is 1. The van der Waals surface area contributed by atoms with E-state index in [0.717, 1.165) is 17.7 Å². The van der Waals surface area contributed by atoms with Crippen LogP contribution >= 0.6 is 7.37 Å². The van der Waals surface area contributed by atoms with Gasteiger partial charge in [0.25, 0.3) is 0 Å². The number of ether oxygens (including phenoxy) is 1. The third-order valence-electron chi connectivity index (χ3n) is 3.16. The van der Waals surface area contributed by atoms with E-state index in [1.165, 1.54) is 0 Å². The number of nitrogens with zero attached hydrogens (tertiary/aromatic N) is 1. The maximum absolute atomic E-state index is 11.8. The fraction of sp³-hybridized carbons (Fsp3) is 0.583. The lowest BCUT2D eigenvalue weighted by Gasteiger charge is -2.18. The van der Waals surface area contributed by atoms with Crippen LogP contribution in [0.4, 0.5) is 4.79 Å². The van der Waals surface area contributed by atoms with Crippen molar-refractivity contribution in [3.63, 3.8) is 0 Å². The number of rotatable bonds is 4. The molecule has 0 radical (unpaired) electrons. The average molecular weight is 271 g/mol. The molecular weight excluding hydrogens is 253 g/mol. The predicted octanol–water partition coefficient (Wildman–Crippen LogP) is 2.59. The molecule has 0 bridgehead atoms. The van der Waals surface area contributed by atoms with Gasteiger partial charge in [0.1, 0.15) is 6.10 Å². The van der Waals surface area contributed by atoms with Gasteiger partial charge in [0, 0.05) is 19.0 Å². The highest BCUT2D eigenvalue weighted by atomic mass is 31.2. The predicted molar refractivity (Wildman–Crippen MR) is 68.8 cm³/mol. The molecule has 6 heteroatoms. The van der Waals surface area contributed by atoms with Crippen molar-refractivity contribution in [1.29, 1.82) is 0 Å². The first-order chi connectivity index (χ1) is 8.33. The SMILES string of the molecule is C=CC1=C(C)CC2C(COP(C)(C)=O)OC(=O)N12. The molecule has 100 valence electrons. The first-order valence-electron chi connectivity index (χ1n) is 5.85. The summed E-state index contributed by atoms with van der Waals surface area (Å²) in [7, 11) is -2.56. The van der Waals surface area contributed by atoms with Crippen LogP contribution in [0.5, 0.6) is 0 Å². The Morgan fingerprint density at radius 2 is 2.28 bits per heavy atom. The summed E-state index contributed by atoms with van der Waals surface area (Å²) in [4.78, 5) is 13.4. The van der Waals surface area contributed by atoms with E-state index in [0.29, 0.717) is 0 Å². The largest absolute Gasteiger partial charge is 0.441 e. The van der Waals surface area contributed by atoms with E-state index < -0.39 is 7.37 Å². The molecule has 2 heterocycles. The second kappa shape index (κ2) is 4.56. The maximum atomic E-state index is 11.8. The number of fused-ring (bicyclic) bond motifs is 1. The van der Waals surface area contributed by atoms with E-state index in [-0.39, 0.29) is 24.8 Å². The van der Waals surface area contributed by atoms with E-state index in [1.807, 2.05) is 6.92 Å². The van der Waals surface area contributed by atoms with Gasteiger partial charge in [0.15, 0.2) is 7.37 Å². The minimum atomic E-state index is -2.56. The summed E-state index contributed by atoms with van der Waals surface area (Å²) < 4.78 is 22.1. The summed E-state index contributed by atoms with van der Waals surface area (Å²) in [5.74, 6) is 0. The van der Waals surface area contributed by atoms with Crippen molar-refractivity contribution in [3.8, 4) is 0 Å². The number of hydrogen-bond acceptors (Lipinski definition) is 4. The number of carbonyl (C=O) groups excluding carboxylic acids is 1. The maximum Gasteiger partial charge on any atom is 0.415 e. The van der Waals surface area contributed by atoms with Crippen LogP contribution in [-0.4, -0.2) is 43.1 Å². The summed E-state index contributed by atoms with van der Waals surface area (Å²) in [6, 6.07) is -0.0583. The number of carbonyl (C=O) groups is 1. The van der Waals surface area contributed by atoms with Crippen molar-refractivity contribution in [2.75, 3.05) is 19.9 Å². The molecule has 0 N–H and O–H groups in total. The molecule has 1 amide bonds. The standard InChI is InChI=1S/C12H18NO4P/c1-5-9-8(2)6-10-11(7-16-18(3,4)15)17-12(14)13(9)10/h5,10-11H,1,6-7H2,2-4H3. The highest BCUT2D eigenvalue weighted by Crippen LogP contribution is 2.41. The molecular formula is C12H18NO4P. The van der Waals surface area contributed by atoms with Crippen molar-refractivity contribution in [3.05, 3.63) is 23.9 Å². The first kappa shape index (κ1) is 13.4. The van der Waals surface area contributed by atoms with Crippen LogP contribution in [0.1, 0.15) is 13.3 Å². The van der Waals surface area contributed by atoms with Crippen molar-refractivity contribution in [1.82, 2.24) is 4.90 Å². The summed E-state index contributed by atoms with van der Waals surface area (Å²) in [6.45, 7) is 8.97. The van der Waals surface area contributed by atoms with Gasteiger partial charge in [-0.2, -0.15) is 0 Å². The third kappa shape index (κ3) is 2.38. The Hall–Kier alpha value is -1.06. The lowest BCUT2D eigenvalue weighted by molar-refractivity contribution is 0.0934. The van der Waals surface area contributed by atoms with Crippen LogP contribution in [0.25, 0.3) is 0 Å². The van der Waals surface area contributed by atoms with Gasteiger partial charge in [-0.1, -0.05) is 6.58 Å². The van der Waals surface area contributed by atoms with Crippen molar-refractivity contribution in [2.24, 2.45) is 0 Å². The first-order valence-corrected chi connectivity index (χ1v) is 8.37. The van der Waals surface area contributed by atoms with Gasteiger partial charge in [0.05, 0.1) is 12.6 Å². The summed E-state index contributed by atoms with van der Waals surface area (Å²) >= 11 is 0. The van der Waals surface area contributed by atoms with E-state index in [9.17, 15) is 9.36 Å². The lowest BCUT2D eigenvalue weighted by Crippen LogP contribution is -2.33. The Labute approximate surface area is 107 Å². The summed E-state index contributed by atoms with van der Waals surface area (Å²) in [5.41, 5.74) is 1.94. The molecule has 0 aromatic carbocycles. The number of cyclic esters (lactones) is 1. The molecule has 0 aliphatic carbocycles. The Bertz CT molecular complexity index is 465. The quantitative estimate of drug-likeness (QED) is 0.737. The van der Waals surface area contributed by atoms with Crippen LogP contribution in [0.15, 0.2) is 23.9 Å². The second-order valence-corrected chi connectivity index (χ2v) is 7.74.